The Balaban J connectivity index is 1.96. The van der Waals surface area contributed by atoms with Crippen LogP contribution in [0.25, 0.3) is 0 Å². The molecule has 2 aliphatic heterocycles. The van der Waals surface area contributed by atoms with Crippen molar-refractivity contribution in [1.29, 1.82) is 0 Å². The minimum Gasteiger partial charge on any atom is -0.456 e. The third-order valence-electron chi connectivity index (χ3n) is 5.93. The van der Waals surface area contributed by atoms with Crippen molar-refractivity contribution in [2.75, 3.05) is 18.1 Å². The molecule has 12 heteroatoms. The number of carbonyl (C=O) groups excluding carboxylic acids is 5. The van der Waals surface area contributed by atoms with Crippen LogP contribution in [-0.4, -0.2) is 71.9 Å². The van der Waals surface area contributed by atoms with E-state index in [4.69, 9.17) is 4.74 Å². The summed E-state index contributed by atoms with van der Waals surface area (Å²) in [7, 11) is 2.97. The minimum atomic E-state index is -0.991. The van der Waals surface area contributed by atoms with Crippen LogP contribution < -0.4 is 21.3 Å². The Morgan fingerprint density at radius 3 is 2.45 bits per heavy atom. The Bertz CT molecular complexity index is 1040. The zero-order chi connectivity index (χ0) is 27.5. The van der Waals surface area contributed by atoms with Gasteiger partial charge in [0.05, 0.1) is 6.42 Å². The zero-order valence-corrected chi connectivity index (χ0v) is 23.1. The predicted octanol–water partition coefficient (Wildman–Crippen LogP) is 1.11. The Labute approximate surface area is 230 Å². The molecule has 38 heavy (non-hydrogen) atoms. The highest BCUT2D eigenvalue weighted by Gasteiger charge is 2.32. The van der Waals surface area contributed by atoms with Crippen LogP contribution in [0.15, 0.2) is 42.5 Å². The van der Waals surface area contributed by atoms with Gasteiger partial charge in [-0.3, -0.25) is 24.0 Å². The van der Waals surface area contributed by atoms with Crippen LogP contribution in [0.3, 0.4) is 0 Å². The SMILES string of the molecule is CC(C)[C@H]1NC(=O)CC2/C=C/CCSSCC(NC1=O)C(=O)NC(Cc1ccccc1)C(=O)NCC(=O)O2. The van der Waals surface area contributed by atoms with Gasteiger partial charge in [0.25, 0.3) is 0 Å². The van der Waals surface area contributed by atoms with Crippen LogP contribution in [0.2, 0.25) is 0 Å². The Hall–Kier alpha value is -2.99. The monoisotopic (exact) mass is 562 g/mol. The molecule has 0 aromatic heterocycles. The number of hydrogen-bond acceptors (Lipinski definition) is 8. The van der Waals surface area contributed by atoms with Crippen molar-refractivity contribution in [1.82, 2.24) is 21.3 Å². The number of ether oxygens (including phenoxy) is 1. The summed E-state index contributed by atoms with van der Waals surface area (Å²) in [5, 5.41) is 10.8. The molecule has 1 fully saturated rings. The summed E-state index contributed by atoms with van der Waals surface area (Å²) in [5.74, 6) is -2.09. The molecular formula is C26H34N4O6S2. The summed E-state index contributed by atoms with van der Waals surface area (Å²) in [4.78, 5) is 65.1. The van der Waals surface area contributed by atoms with E-state index in [9.17, 15) is 24.0 Å². The van der Waals surface area contributed by atoms with Gasteiger partial charge in [0, 0.05) is 17.9 Å². The first-order valence-electron chi connectivity index (χ1n) is 12.5. The molecule has 4 N–H and O–H groups in total. The molecule has 0 radical (unpaired) electrons. The number of rotatable bonds is 3. The first-order valence-corrected chi connectivity index (χ1v) is 15.0. The lowest BCUT2D eigenvalue weighted by Crippen LogP contribution is -2.59. The second kappa shape index (κ2) is 14.8. The predicted molar refractivity (Wildman–Crippen MR) is 147 cm³/mol. The van der Waals surface area contributed by atoms with Crippen molar-refractivity contribution < 1.29 is 28.7 Å². The highest BCUT2D eigenvalue weighted by atomic mass is 33.1. The van der Waals surface area contributed by atoms with Gasteiger partial charge in [0.15, 0.2) is 0 Å². The smallest absolute Gasteiger partial charge is 0.326 e. The maximum absolute atomic E-state index is 13.4. The van der Waals surface area contributed by atoms with Gasteiger partial charge >= 0.3 is 5.97 Å². The average molecular weight is 563 g/mol. The number of fused-ring (bicyclic) bond motifs is 7. The van der Waals surface area contributed by atoms with E-state index < -0.39 is 60.4 Å². The fourth-order valence-corrected chi connectivity index (χ4v) is 6.06. The lowest BCUT2D eigenvalue weighted by molar-refractivity contribution is -0.148. The normalized spacial score (nSPS) is 27.3. The fourth-order valence-electron chi connectivity index (χ4n) is 3.91. The molecule has 1 saturated heterocycles. The summed E-state index contributed by atoms with van der Waals surface area (Å²) < 4.78 is 5.48. The minimum absolute atomic E-state index is 0.185. The van der Waals surface area contributed by atoms with Crippen LogP contribution in [-0.2, 0) is 35.1 Å². The van der Waals surface area contributed by atoms with Gasteiger partial charge in [0.1, 0.15) is 30.8 Å². The van der Waals surface area contributed by atoms with Crippen LogP contribution in [0.1, 0.15) is 32.3 Å². The van der Waals surface area contributed by atoms with E-state index in [0.717, 1.165) is 5.56 Å². The van der Waals surface area contributed by atoms with Crippen molar-refractivity contribution in [3.63, 3.8) is 0 Å². The third kappa shape index (κ3) is 9.39. The topological polar surface area (TPSA) is 143 Å². The number of esters is 1. The number of benzene rings is 1. The van der Waals surface area contributed by atoms with E-state index in [2.05, 4.69) is 21.3 Å². The summed E-state index contributed by atoms with van der Waals surface area (Å²) in [6.45, 7) is 3.15. The van der Waals surface area contributed by atoms with Gasteiger partial charge in [-0.15, -0.1) is 0 Å². The molecule has 3 rings (SSSR count). The van der Waals surface area contributed by atoms with Crippen molar-refractivity contribution >= 4 is 51.2 Å². The standard InChI is InChI=1S/C26H34N4O6S2/c1-16(2)23-26(35)29-20-15-38-37-11-7-6-10-18(13-21(31)30-23)36-22(32)14-27-24(33)19(28-25(20)34)12-17-8-4-3-5-9-17/h3-6,8-10,16,18-20,23H,7,11-15H2,1-2H3,(H,27,33)(H,28,34)(H,29,35)(H,30,31)/b10-6+/t18?,19?,20?,23-/m1/s1. The van der Waals surface area contributed by atoms with E-state index in [-0.39, 0.29) is 24.5 Å². The lowest BCUT2D eigenvalue weighted by Gasteiger charge is -2.27. The van der Waals surface area contributed by atoms with Gasteiger partial charge in [-0.25, -0.2) is 0 Å². The molecule has 2 heterocycles. The van der Waals surface area contributed by atoms with E-state index >= 15 is 0 Å². The lowest BCUT2D eigenvalue weighted by atomic mass is 10.0. The largest absolute Gasteiger partial charge is 0.456 e. The van der Waals surface area contributed by atoms with E-state index in [1.165, 1.54) is 21.6 Å². The average Bonchev–Trinajstić information content (AvgIpc) is 2.88. The molecule has 4 amide bonds. The molecular weight excluding hydrogens is 528 g/mol. The molecule has 4 atom stereocenters. The molecule has 0 spiro atoms. The zero-order valence-electron chi connectivity index (χ0n) is 21.4. The van der Waals surface area contributed by atoms with Crippen LogP contribution >= 0.6 is 21.6 Å². The van der Waals surface area contributed by atoms with Crippen molar-refractivity contribution in [2.24, 2.45) is 5.92 Å². The molecule has 0 saturated carbocycles. The van der Waals surface area contributed by atoms with Crippen molar-refractivity contribution in [2.45, 2.75) is 57.3 Å². The van der Waals surface area contributed by atoms with Gasteiger partial charge < -0.3 is 26.0 Å². The van der Waals surface area contributed by atoms with E-state index in [0.29, 0.717) is 12.2 Å². The third-order valence-corrected chi connectivity index (χ3v) is 8.37. The summed E-state index contributed by atoms with van der Waals surface area (Å²) in [6, 6.07) is 6.32. The first kappa shape index (κ1) is 29.6. The van der Waals surface area contributed by atoms with Gasteiger partial charge in [-0.05, 0) is 24.0 Å². The Morgan fingerprint density at radius 1 is 0.947 bits per heavy atom. The molecule has 2 aliphatic rings. The molecule has 1 aromatic rings. The second-order valence-corrected chi connectivity index (χ2v) is 12.0. The summed E-state index contributed by atoms with van der Waals surface area (Å²) in [5.41, 5.74) is 0.814. The van der Waals surface area contributed by atoms with Crippen molar-refractivity contribution in [3.05, 3.63) is 48.0 Å². The molecule has 10 nitrogen and oxygen atoms in total. The number of hydrogen-bond donors (Lipinski definition) is 4. The second-order valence-electron chi connectivity index (χ2n) is 9.37. The molecule has 1 aromatic carbocycles. The van der Waals surface area contributed by atoms with Crippen LogP contribution in [0.4, 0.5) is 0 Å². The van der Waals surface area contributed by atoms with Gasteiger partial charge in [-0.1, -0.05) is 71.8 Å². The summed E-state index contributed by atoms with van der Waals surface area (Å²) >= 11 is 0. The van der Waals surface area contributed by atoms with Crippen LogP contribution in [0.5, 0.6) is 0 Å². The quantitative estimate of drug-likeness (QED) is 0.244. The number of carbonyl (C=O) groups is 5. The van der Waals surface area contributed by atoms with Crippen LogP contribution in [0, 0.1) is 5.92 Å². The van der Waals surface area contributed by atoms with Gasteiger partial charge in [0.2, 0.25) is 23.6 Å². The molecule has 2 bridgehead atoms. The number of amides is 4. The van der Waals surface area contributed by atoms with E-state index in [1.807, 2.05) is 36.4 Å². The fraction of sp³-hybridized carbons (Fsp3) is 0.500. The van der Waals surface area contributed by atoms with Gasteiger partial charge in [-0.2, -0.15) is 0 Å². The molecule has 0 aliphatic carbocycles. The molecule has 3 unspecified atom stereocenters. The Morgan fingerprint density at radius 2 is 1.71 bits per heavy atom. The number of nitrogens with one attached hydrogen (secondary N) is 4. The maximum Gasteiger partial charge on any atom is 0.326 e. The summed E-state index contributed by atoms with van der Waals surface area (Å²) in [6.07, 6.45) is 3.28. The van der Waals surface area contributed by atoms with Crippen molar-refractivity contribution in [3.8, 4) is 0 Å². The highest BCUT2D eigenvalue weighted by Crippen LogP contribution is 2.24. The first-order chi connectivity index (χ1) is 18.2. The highest BCUT2D eigenvalue weighted by molar-refractivity contribution is 8.76. The maximum atomic E-state index is 13.4. The Kier molecular flexibility index (Phi) is 11.5. The molecule has 206 valence electrons. The van der Waals surface area contributed by atoms with E-state index in [1.54, 1.807) is 19.9 Å². The number of allylic oxidation sites excluding steroid dienone is 1.